The van der Waals surface area contributed by atoms with Crippen molar-refractivity contribution in [1.29, 1.82) is 0 Å². The van der Waals surface area contributed by atoms with Crippen molar-refractivity contribution in [2.24, 2.45) is 0 Å². The van der Waals surface area contributed by atoms with Gasteiger partial charge in [-0.05, 0) is 53.4 Å². The van der Waals surface area contributed by atoms with Crippen LogP contribution in [0.5, 0.6) is 0 Å². The number of piperidine rings is 1. The van der Waals surface area contributed by atoms with Crippen LogP contribution in [0.3, 0.4) is 0 Å². The number of likely N-dealkylation sites (tertiary alicyclic amines) is 1. The summed E-state index contributed by atoms with van der Waals surface area (Å²) >= 11 is 0. The second kappa shape index (κ2) is 17.8. The highest BCUT2D eigenvalue weighted by atomic mass is 16.4. The van der Waals surface area contributed by atoms with Gasteiger partial charge in [-0.2, -0.15) is 0 Å². The molecule has 1 aliphatic heterocycles. The molecule has 0 atom stereocenters. The van der Waals surface area contributed by atoms with Gasteiger partial charge in [0, 0.05) is 19.3 Å². The molecule has 3 nitrogen and oxygen atoms in total. The smallest absolute Gasteiger partial charge is 0.303 e. The summed E-state index contributed by atoms with van der Waals surface area (Å²) < 4.78 is 1.26. The van der Waals surface area contributed by atoms with E-state index in [-0.39, 0.29) is 0 Å². The van der Waals surface area contributed by atoms with Crippen molar-refractivity contribution < 1.29 is 14.4 Å². The number of hydrogen-bond donors (Lipinski definition) is 1. The third-order valence-electron chi connectivity index (χ3n) is 9.75. The number of aliphatic carboxylic acids is 1. The van der Waals surface area contributed by atoms with Gasteiger partial charge in [-0.3, -0.25) is 4.79 Å². The van der Waals surface area contributed by atoms with E-state index in [0.717, 1.165) is 12.8 Å². The summed E-state index contributed by atoms with van der Waals surface area (Å²) in [5.41, 5.74) is 0.848. The molecule has 0 bridgehead atoms. The van der Waals surface area contributed by atoms with E-state index in [4.69, 9.17) is 5.11 Å². The molecule has 1 aliphatic rings. The van der Waals surface area contributed by atoms with E-state index in [1.54, 1.807) is 0 Å². The molecule has 1 fully saturated rings. The first kappa shape index (κ1) is 32.5. The van der Waals surface area contributed by atoms with E-state index in [0.29, 0.717) is 17.5 Å². The van der Waals surface area contributed by atoms with Crippen molar-refractivity contribution in [3.05, 3.63) is 0 Å². The van der Waals surface area contributed by atoms with Gasteiger partial charge >= 0.3 is 5.97 Å². The van der Waals surface area contributed by atoms with Gasteiger partial charge in [0.25, 0.3) is 0 Å². The van der Waals surface area contributed by atoms with Crippen molar-refractivity contribution >= 4 is 5.97 Å². The van der Waals surface area contributed by atoms with Gasteiger partial charge in [0.15, 0.2) is 0 Å². The van der Waals surface area contributed by atoms with Crippen LogP contribution in [0, 0.1) is 0 Å². The molecule has 0 aromatic carbocycles. The first-order chi connectivity index (χ1) is 16.6. The average Bonchev–Trinajstić information content (AvgIpc) is 2.78. The Morgan fingerprint density at radius 3 is 1.17 bits per heavy atom. The maximum Gasteiger partial charge on any atom is 0.303 e. The van der Waals surface area contributed by atoms with Gasteiger partial charge in [0.1, 0.15) is 0 Å². The summed E-state index contributed by atoms with van der Waals surface area (Å²) in [5, 5.41) is 8.63. The maximum absolute atomic E-state index is 10.5. The zero-order valence-electron chi connectivity index (χ0n) is 24.8. The van der Waals surface area contributed by atoms with E-state index >= 15 is 0 Å². The Labute approximate surface area is 220 Å². The predicted octanol–water partition coefficient (Wildman–Crippen LogP) is 10.1. The van der Waals surface area contributed by atoms with Crippen LogP contribution in [0.4, 0.5) is 0 Å². The molecule has 0 spiro atoms. The second-order valence-electron chi connectivity index (χ2n) is 13.3. The summed E-state index contributed by atoms with van der Waals surface area (Å²) in [5.74, 6) is -0.650. The number of carboxylic acid groups (broad SMARTS) is 1. The highest BCUT2D eigenvalue weighted by Crippen LogP contribution is 2.44. The Hall–Kier alpha value is -0.570. The lowest BCUT2D eigenvalue weighted by atomic mass is 9.76. The van der Waals surface area contributed by atoms with E-state index in [9.17, 15) is 4.79 Å². The molecular formula is C32H64NO2+. The van der Waals surface area contributed by atoms with Crippen LogP contribution >= 0.6 is 0 Å². The quantitative estimate of drug-likeness (QED) is 0.120. The molecule has 0 aliphatic carbocycles. The van der Waals surface area contributed by atoms with Gasteiger partial charge in [-0.1, -0.05) is 103 Å². The fraction of sp³-hybridized carbons (Fsp3) is 0.969. The molecule has 0 aromatic heterocycles. The van der Waals surface area contributed by atoms with Gasteiger partial charge in [-0.25, -0.2) is 0 Å². The van der Waals surface area contributed by atoms with Crippen LogP contribution in [0.15, 0.2) is 0 Å². The van der Waals surface area contributed by atoms with E-state index in [1.165, 1.54) is 139 Å². The highest BCUT2D eigenvalue weighted by Gasteiger charge is 2.52. The molecule has 1 rings (SSSR count). The van der Waals surface area contributed by atoms with Crippen molar-refractivity contribution in [2.75, 3.05) is 13.6 Å². The first-order valence-corrected chi connectivity index (χ1v) is 15.7. The van der Waals surface area contributed by atoms with E-state index in [1.807, 2.05) is 0 Å². The van der Waals surface area contributed by atoms with Gasteiger partial charge in [0.2, 0.25) is 0 Å². The number of unbranched alkanes of at least 4 members (excludes halogenated alkanes) is 18. The summed E-state index contributed by atoms with van der Waals surface area (Å²) in [6.07, 6.45) is 30.2. The third kappa shape index (κ3) is 13.0. The molecule has 3 heteroatoms. The molecule has 0 saturated carbocycles. The number of hydrogen-bond acceptors (Lipinski definition) is 1. The zero-order chi connectivity index (χ0) is 26.0. The van der Waals surface area contributed by atoms with Gasteiger partial charge in [-0.15, -0.1) is 0 Å². The van der Waals surface area contributed by atoms with Crippen LogP contribution in [-0.4, -0.2) is 40.2 Å². The molecule has 0 aromatic rings. The fourth-order valence-corrected chi connectivity index (χ4v) is 6.58. The Morgan fingerprint density at radius 1 is 0.571 bits per heavy atom. The molecular weight excluding hydrogens is 430 g/mol. The molecule has 0 amide bonds. The predicted molar refractivity (Wildman–Crippen MR) is 153 cm³/mol. The number of carboxylic acids is 1. The maximum atomic E-state index is 10.5. The Morgan fingerprint density at radius 2 is 0.857 bits per heavy atom. The Balaban J connectivity index is 1.84. The van der Waals surface area contributed by atoms with Gasteiger partial charge in [0.05, 0.1) is 24.7 Å². The van der Waals surface area contributed by atoms with E-state index in [2.05, 4.69) is 34.7 Å². The lowest BCUT2D eigenvalue weighted by Crippen LogP contribution is -2.71. The number of carbonyl (C=O) groups is 1. The van der Waals surface area contributed by atoms with Crippen LogP contribution in [0.1, 0.15) is 175 Å². The fourth-order valence-electron chi connectivity index (χ4n) is 6.58. The SMILES string of the molecule is CC1(C)CCCC(C)(C)[N+]1(C)CCCCCCCCCCCCCCCCCCCCCC(=O)O. The molecule has 1 saturated heterocycles. The highest BCUT2D eigenvalue weighted by molar-refractivity contribution is 5.66. The van der Waals surface area contributed by atoms with Crippen LogP contribution in [0.25, 0.3) is 0 Å². The molecule has 0 radical (unpaired) electrons. The molecule has 0 unspecified atom stereocenters. The second-order valence-corrected chi connectivity index (χ2v) is 13.3. The molecule has 208 valence electrons. The molecule has 1 heterocycles. The summed E-state index contributed by atoms with van der Waals surface area (Å²) in [6.45, 7) is 11.4. The van der Waals surface area contributed by atoms with Crippen LogP contribution in [0.2, 0.25) is 0 Å². The molecule has 35 heavy (non-hydrogen) atoms. The minimum atomic E-state index is -0.650. The summed E-state index contributed by atoms with van der Waals surface area (Å²) in [6, 6.07) is 0. The standard InChI is InChI=1S/C32H63NO2/c1-31(2)27-25-28-32(3,4)33(31,5)29-24-22-20-18-16-14-12-10-8-6-7-9-11-13-15-17-19-21-23-26-30(34)35/h6-29H2,1-5H3/p+1. The number of nitrogens with zero attached hydrogens (tertiary/aromatic N) is 1. The van der Waals surface area contributed by atoms with Crippen molar-refractivity contribution in [2.45, 2.75) is 186 Å². The van der Waals surface area contributed by atoms with Gasteiger partial charge < -0.3 is 9.59 Å². The summed E-state index contributed by atoms with van der Waals surface area (Å²) in [4.78, 5) is 10.5. The number of quaternary nitrogens is 1. The lowest BCUT2D eigenvalue weighted by molar-refractivity contribution is -1.00. The van der Waals surface area contributed by atoms with Crippen molar-refractivity contribution in [3.8, 4) is 0 Å². The first-order valence-electron chi connectivity index (χ1n) is 15.7. The monoisotopic (exact) mass is 494 g/mol. The minimum Gasteiger partial charge on any atom is -0.481 e. The minimum absolute atomic E-state index is 0.344. The topological polar surface area (TPSA) is 37.3 Å². The Kier molecular flexibility index (Phi) is 16.5. The van der Waals surface area contributed by atoms with Crippen LogP contribution < -0.4 is 0 Å². The van der Waals surface area contributed by atoms with Crippen molar-refractivity contribution in [1.82, 2.24) is 0 Å². The lowest BCUT2D eigenvalue weighted by Gasteiger charge is -2.60. The normalized spacial score (nSPS) is 18.5. The largest absolute Gasteiger partial charge is 0.481 e. The molecule has 1 N–H and O–H groups in total. The zero-order valence-corrected chi connectivity index (χ0v) is 24.8. The average molecular weight is 495 g/mol. The Bertz CT molecular complexity index is 524. The van der Waals surface area contributed by atoms with E-state index < -0.39 is 5.97 Å². The summed E-state index contributed by atoms with van der Waals surface area (Å²) in [7, 11) is 2.54. The van der Waals surface area contributed by atoms with Crippen LogP contribution in [-0.2, 0) is 4.79 Å². The number of rotatable bonds is 22. The van der Waals surface area contributed by atoms with Crippen molar-refractivity contribution in [3.63, 3.8) is 0 Å². The third-order valence-corrected chi connectivity index (χ3v) is 9.75.